The molecule has 0 saturated carbocycles. The molecule has 0 aromatic heterocycles. The van der Waals surface area contributed by atoms with E-state index >= 15 is 0 Å². The smallest absolute Gasteiger partial charge is 0.337 e. The first-order chi connectivity index (χ1) is 14.4. The lowest BCUT2D eigenvalue weighted by molar-refractivity contribution is -0.119. The first-order valence-corrected chi connectivity index (χ1v) is 10.7. The summed E-state index contributed by atoms with van der Waals surface area (Å²) in [5.41, 5.74) is 2.28. The molecule has 1 atom stereocenters. The predicted molar refractivity (Wildman–Crippen MR) is 127 cm³/mol. The Morgan fingerprint density at radius 1 is 0.935 bits per heavy atom. The number of alkyl halides is 3. The van der Waals surface area contributed by atoms with Crippen molar-refractivity contribution in [3.63, 3.8) is 0 Å². The van der Waals surface area contributed by atoms with E-state index in [2.05, 4.69) is 31.1 Å². The van der Waals surface area contributed by atoms with Gasteiger partial charge < -0.3 is 5.32 Å². The average Bonchev–Trinajstić information content (AvgIpc) is 2.91. The molecule has 3 rings (SSSR count). The van der Waals surface area contributed by atoms with Crippen LogP contribution in [0, 0.1) is 0 Å². The Hall–Kier alpha value is -2.28. The van der Waals surface area contributed by atoms with Crippen LogP contribution in [0.25, 0.3) is 0 Å². The number of para-hydroxylation sites is 1. The number of anilines is 2. The maximum Gasteiger partial charge on any atom is 0.337 e. The van der Waals surface area contributed by atoms with Gasteiger partial charge in [-0.05, 0) is 35.2 Å². The van der Waals surface area contributed by atoms with Crippen LogP contribution in [0.15, 0.2) is 59.6 Å². The lowest BCUT2D eigenvalue weighted by atomic mass is 9.87. The van der Waals surface area contributed by atoms with Crippen molar-refractivity contribution in [3.05, 3.63) is 60.2 Å². The summed E-state index contributed by atoms with van der Waals surface area (Å²) >= 11 is 18.5. The number of carbonyl (C=O) groups is 2. The third-order valence-electron chi connectivity index (χ3n) is 4.82. The van der Waals surface area contributed by atoms with E-state index < -0.39 is 21.9 Å². The highest BCUT2D eigenvalue weighted by Gasteiger charge is 2.43. The topological polar surface area (TPSA) is 65.0 Å². The van der Waals surface area contributed by atoms with Gasteiger partial charge in [0.05, 0.1) is 5.69 Å². The summed E-state index contributed by atoms with van der Waals surface area (Å²) in [6, 6.07) is 15.8. The second-order valence-corrected chi connectivity index (χ2v) is 10.6. The molecular weight excluding hydrogens is 459 g/mol. The van der Waals surface area contributed by atoms with E-state index in [0.717, 1.165) is 10.5 Å². The molecule has 0 radical (unpaired) electrons. The molecule has 3 amide bonds. The normalized spacial score (nSPS) is 17.5. The number of rotatable bonds is 4. The summed E-state index contributed by atoms with van der Waals surface area (Å²) in [5.74, 6) is -0.716. The molecule has 31 heavy (non-hydrogen) atoms. The van der Waals surface area contributed by atoms with Gasteiger partial charge in [-0.2, -0.15) is 0 Å². The third-order valence-corrected chi connectivity index (χ3v) is 5.44. The Balaban J connectivity index is 1.98. The maximum absolute atomic E-state index is 12.7. The van der Waals surface area contributed by atoms with E-state index in [0.29, 0.717) is 11.4 Å². The number of amidine groups is 1. The highest BCUT2D eigenvalue weighted by atomic mass is 35.6. The largest absolute Gasteiger partial charge is 0.360 e. The van der Waals surface area contributed by atoms with Gasteiger partial charge in [-0.25, -0.2) is 14.7 Å². The van der Waals surface area contributed by atoms with Crippen LogP contribution in [-0.2, 0) is 10.2 Å². The fourth-order valence-corrected chi connectivity index (χ4v) is 3.34. The van der Waals surface area contributed by atoms with Crippen molar-refractivity contribution >= 4 is 64.0 Å². The van der Waals surface area contributed by atoms with Crippen molar-refractivity contribution in [3.8, 4) is 0 Å². The fourth-order valence-electron chi connectivity index (χ4n) is 3.03. The summed E-state index contributed by atoms with van der Waals surface area (Å²) in [7, 11) is 1.38. The Labute approximate surface area is 196 Å². The molecule has 2 aromatic carbocycles. The molecule has 1 saturated heterocycles. The fraction of sp³-hybridized carbons (Fsp3) is 0.318. The molecule has 1 N–H and O–H groups in total. The Bertz CT molecular complexity index is 996. The van der Waals surface area contributed by atoms with Crippen molar-refractivity contribution < 1.29 is 9.59 Å². The highest BCUT2D eigenvalue weighted by Crippen LogP contribution is 2.35. The van der Waals surface area contributed by atoms with Gasteiger partial charge in [0.15, 0.2) is 6.17 Å². The van der Waals surface area contributed by atoms with Crippen LogP contribution in [0.3, 0.4) is 0 Å². The van der Waals surface area contributed by atoms with Crippen LogP contribution in [0.5, 0.6) is 0 Å². The number of imide groups is 1. The number of likely N-dealkylation sites (N-methyl/N-ethyl adjacent to an activating group) is 1. The summed E-state index contributed by atoms with van der Waals surface area (Å²) in [4.78, 5) is 32.0. The Morgan fingerprint density at radius 3 is 2.03 bits per heavy atom. The molecule has 0 spiro atoms. The van der Waals surface area contributed by atoms with E-state index in [1.54, 1.807) is 30.3 Å². The number of hydrogen-bond acceptors (Lipinski definition) is 4. The van der Waals surface area contributed by atoms with Crippen LogP contribution < -0.4 is 10.2 Å². The molecule has 1 unspecified atom stereocenters. The van der Waals surface area contributed by atoms with Gasteiger partial charge in [0.25, 0.3) is 5.91 Å². The quantitative estimate of drug-likeness (QED) is 0.457. The van der Waals surface area contributed by atoms with E-state index in [1.807, 2.05) is 24.3 Å². The van der Waals surface area contributed by atoms with Gasteiger partial charge in [0.1, 0.15) is 0 Å². The van der Waals surface area contributed by atoms with Crippen molar-refractivity contribution in [2.45, 2.75) is 36.1 Å². The van der Waals surface area contributed by atoms with Gasteiger partial charge in [-0.1, -0.05) is 85.9 Å². The molecule has 1 aliphatic heterocycles. The van der Waals surface area contributed by atoms with Gasteiger partial charge in [0, 0.05) is 12.7 Å². The second kappa shape index (κ2) is 8.69. The number of nitrogens with one attached hydrogen (secondary N) is 1. The van der Waals surface area contributed by atoms with Gasteiger partial charge in [0.2, 0.25) is 9.63 Å². The second-order valence-electron chi connectivity index (χ2n) is 8.19. The number of benzene rings is 2. The molecule has 2 aromatic rings. The monoisotopic (exact) mass is 480 g/mol. The van der Waals surface area contributed by atoms with E-state index in [-0.39, 0.29) is 11.3 Å². The van der Waals surface area contributed by atoms with Crippen LogP contribution in [0.4, 0.5) is 16.2 Å². The van der Waals surface area contributed by atoms with Gasteiger partial charge in [-0.15, -0.1) is 0 Å². The van der Waals surface area contributed by atoms with Gasteiger partial charge in [-0.3, -0.25) is 9.69 Å². The minimum Gasteiger partial charge on any atom is -0.360 e. The first-order valence-electron chi connectivity index (χ1n) is 9.58. The van der Waals surface area contributed by atoms with Crippen LogP contribution >= 0.6 is 34.8 Å². The standard InChI is InChI=1S/C22H23Cl3N4O2/c1-21(2,3)14-10-12-15(13-11-14)26-19(22(23,24)25)27-17-18(30)28(4)20(31)29(17)16-8-6-5-7-9-16/h5-13,19,26H,1-4H3. The van der Waals surface area contributed by atoms with E-state index in [9.17, 15) is 9.59 Å². The summed E-state index contributed by atoms with van der Waals surface area (Å²) in [6.45, 7) is 6.34. The number of carbonyl (C=O) groups excluding carboxylic acids is 2. The number of nitrogens with zero attached hydrogens (tertiary/aromatic N) is 3. The SMILES string of the molecule is CN1C(=O)C(=NC(Nc2ccc(C(C)(C)C)cc2)C(Cl)(Cl)Cl)N(c2ccccc2)C1=O. The number of aliphatic imine (C=N–C) groups is 1. The van der Waals surface area contributed by atoms with Gasteiger partial charge >= 0.3 is 6.03 Å². The van der Waals surface area contributed by atoms with Crippen molar-refractivity contribution in [1.29, 1.82) is 0 Å². The van der Waals surface area contributed by atoms with E-state index in [1.165, 1.54) is 11.9 Å². The number of hydrogen-bond donors (Lipinski definition) is 1. The number of halogens is 3. The summed E-state index contributed by atoms with van der Waals surface area (Å²) in [5, 5.41) is 3.05. The Morgan fingerprint density at radius 2 is 1.52 bits per heavy atom. The van der Waals surface area contributed by atoms with E-state index in [4.69, 9.17) is 34.8 Å². The van der Waals surface area contributed by atoms with Crippen LogP contribution in [0.1, 0.15) is 26.3 Å². The van der Waals surface area contributed by atoms with Crippen molar-refractivity contribution in [2.24, 2.45) is 4.99 Å². The zero-order valence-corrected chi connectivity index (χ0v) is 19.8. The lowest BCUT2D eigenvalue weighted by Crippen LogP contribution is -2.38. The molecule has 0 aliphatic carbocycles. The molecule has 164 valence electrons. The van der Waals surface area contributed by atoms with Crippen LogP contribution in [-0.4, -0.2) is 39.7 Å². The van der Waals surface area contributed by atoms with Crippen molar-refractivity contribution in [1.82, 2.24) is 4.90 Å². The molecule has 1 heterocycles. The zero-order chi connectivity index (χ0) is 23.0. The van der Waals surface area contributed by atoms with Crippen molar-refractivity contribution in [2.75, 3.05) is 17.3 Å². The minimum atomic E-state index is -1.89. The zero-order valence-electron chi connectivity index (χ0n) is 17.6. The summed E-state index contributed by atoms with van der Waals surface area (Å²) in [6.07, 6.45) is -1.12. The number of urea groups is 1. The third kappa shape index (κ3) is 5.14. The minimum absolute atomic E-state index is 0.00916. The molecule has 1 fully saturated rings. The number of amides is 3. The summed E-state index contributed by atoms with van der Waals surface area (Å²) < 4.78 is -1.89. The molecule has 6 nitrogen and oxygen atoms in total. The molecular formula is C22H23Cl3N4O2. The highest BCUT2D eigenvalue weighted by molar-refractivity contribution is 6.68. The van der Waals surface area contributed by atoms with Crippen LogP contribution in [0.2, 0.25) is 0 Å². The first kappa shape index (κ1) is 23.4. The average molecular weight is 482 g/mol. The lowest BCUT2D eigenvalue weighted by Gasteiger charge is -2.25. The maximum atomic E-state index is 12.7. The predicted octanol–water partition coefficient (Wildman–Crippen LogP) is 5.59. The molecule has 1 aliphatic rings. The molecule has 0 bridgehead atoms. The molecule has 9 heteroatoms. The Kier molecular flexibility index (Phi) is 6.56.